The second-order valence-corrected chi connectivity index (χ2v) is 2.03. The van der Waals surface area contributed by atoms with Crippen LogP contribution in [0.5, 0.6) is 0 Å². The number of hydrogen-bond donors (Lipinski definition) is 0. The Hall–Kier alpha value is -1.36. The third-order valence-electron chi connectivity index (χ3n) is 1.13. The highest BCUT2D eigenvalue weighted by Crippen LogP contribution is 2.05. The Kier molecular flexibility index (Phi) is 5.54. The van der Waals surface area contributed by atoms with Crippen molar-refractivity contribution in [1.29, 1.82) is 0 Å². The molecule has 0 saturated heterocycles. The average molecular weight is 182 g/mol. The van der Waals surface area contributed by atoms with Crippen LogP contribution in [0.1, 0.15) is 26.3 Å². The van der Waals surface area contributed by atoms with Crippen molar-refractivity contribution >= 4 is 0 Å². The zero-order valence-corrected chi connectivity index (χ0v) is 7.99. The van der Waals surface area contributed by atoms with E-state index in [1.165, 1.54) is 12.1 Å². The summed E-state index contributed by atoms with van der Waals surface area (Å²) in [7, 11) is 0. The van der Waals surface area contributed by atoms with Crippen molar-refractivity contribution in [1.82, 2.24) is 0 Å². The van der Waals surface area contributed by atoms with Crippen LogP contribution < -0.4 is 0 Å². The van der Waals surface area contributed by atoms with Gasteiger partial charge in [0.2, 0.25) is 0 Å². The fraction of sp³-hybridized carbons (Fsp3) is 0.273. The lowest BCUT2D eigenvalue weighted by molar-refractivity contribution is 0.582. The summed E-state index contributed by atoms with van der Waals surface area (Å²) < 4.78 is 24.9. The maximum atomic E-state index is 12.4. The summed E-state index contributed by atoms with van der Waals surface area (Å²) in [4.78, 5) is 0. The highest BCUT2D eigenvalue weighted by Gasteiger charge is 1.96. The zero-order chi connectivity index (χ0) is 10.3. The summed E-state index contributed by atoms with van der Waals surface area (Å²) in [5, 5.41) is 0. The minimum Gasteiger partial charge on any atom is -0.207 e. The Morgan fingerprint density at radius 2 is 1.46 bits per heavy atom. The van der Waals surface area contributed by atoms with Crippen LogP contribution in [0.4, 0.5) is 8.78 Å². The van der Waals surface area contributed by atoms with Gasteiger partial charge in [-0.2, -0.15) is 0 Å². The van der Waals surface area contributed by atoms with Crippen LogP contribution in [0.15, 0.2) is 18.2 Å². The van der Waals surface area contributed by atoms with Gasteiger partial charge in [0.05, 0.1) is 0 Å². The van der Waals surface area contributed by atoms with Gasteiger partial charge in [-0.05, 0) is 19.1 Å². The Labute approximate surface area is 77.6 Å². The number of rotatable bonds is 0. The van der Waals surface area contributed by atoms with E-state index in [1.54, 1.807) is 6.92 Å². The van der Waals surface area contributed by atoms with E-state index in [1.807, 2.05) is 13.8 Å². The van der Waals surface area contributed by atoms with Gasteiger partial charge in [0.1, 0.15) is 11.6 Å². The van der Waals surface area contributed by atoms with E-state index in [0.717, 1.165) is 6.07 Å². The first-order valence-corrected chi connectivity index (χ1v) is 4.11. The lowest BCUT2D eigenvalue weighted by Crippen LogP contribution is -1.82. The summed E-state index contributed by atoms with van der Waals surface area (Å²) in [6.45, 7) is 5.61. The van der Waals surface area contributed by atoms with Crippen LogP contribution in [-0.2, 0) is 0 Å². The number of benzene rings is 1. The SMILES string of the molecule is CC.CC#Cc1cc(F)cc(F)c1. The molecule has 0 bridgehead atoms. The predicted molar refractivity (Wildman–Crippen MR) is 50.3 cm³/mol. The molecule has 0 amide bonds. The maximum absolute atomic E-state index is 12.4. The van der Waals surface area contributed by atoms with Crippen LogP contribution in [-0.4, -0.2) is 0 Å². The molecule has 0 aliphatic heterocycles. The molecule has 0 aliphatic carbocycles. The first kappa shape index (κ1) is 11.6. The molecule has 0 heterocycles. The second kappa shape index (κ2) is 6.19. The van der Waals surface area contributed by atoms with E-state index < -0.39 is 11.6 Å². The van der Waals surface area contributed by atoms with Gasteiger partial charge in [-0.3, -0.25) is 0 Å². The smallest absolute Gasteiger partial charge is 0.127 e. The van der Waals surface area contributed by atoms with Crippen molar-refractivity contribution < 1.29 is 8.78 Å². The van der Waals surface area contributed by atoms with Crippen LogP contribution in [0.3, 0.4) is 0 Å². The molecule has 0 N–H and O–H groups in total. The summed E-state index contributed by atoms with van der Waals surface area (Å²) in [6, 6.07) is 3.21. The van der Waals surface area contributed by atoms with Gasteiger partial charge in [-0.1, -0.05) is 19.8 Å². The molecule has 0 radical (unpaired) electrons. The second-order valence-electron chi connectivity index (χ2n) is 2.03. The van der Waals surface area contributed by atoms with Crippen molar-refractivity contribution in [3.63, 3.8) is 0 Å². The van der Waals surface area contributed by atoms with E-state index in [-0.39, 0.29) is 0 Å². The van der Waals surface area contributed by atoms with Crippen molar-refractivity contribution in [2.24, 2.45) is 0 Å². The van der Waals surface area contributed by atoms with Gasteiger partial charge in [0.15, 0.2) is 0 Å². The molecule has 0 nitrogen and oxygen atoms in total. The van der Waals surface area contributed by atoms with Crippen molar-refractivity contribution in [2.75, 3.05) is 0 Å². The molecule has 13 heavy (non-hydrogen) atoms. The molecule has 2 heteroatoms. The van der Waals surface area contributed by atoms with Crippen LogP contribution in [0, 0.1) is 23.5 Å². The predicted octanol–water partition coefficient (Wildman–Crippen LogP) is 3.36. The molecule has 1 aromatic rings. The maximum Gasteiger partial charge on any atom is 0.127 e. The zero-order valence-electron chi connectivity index (χ0n) is 7.99. The van der Waals surface area contributed by atoms with E-state index >= 15 is 0 Å². The largest absolute Gasteiger partial charge is 0.207 e. The van der Waals surface area contributed by atoms with E-state index in [9.17, 15) is 8.78 Å². The standard InChI is InChI=1S/C9H6F2.C2H6/c1-2-3-7-4-8(10)6-9(11)5-7;1-2/h4-6H,1H3;1-2H3. The van der Waals surface area contributed by atoms with Crippen LogP contribution >= 0.6 is 0 Å². The highest BCUT2D eigenvalue weighted by molar-refractivity contribution is 5.34. The third kappa shape index (κ3) is 4.27. The molecule has 0 aliphatic rings. The summed E-state index contributed by atoms with van der Waals surface area (Å²) in [5.74, 6) is 3.92. The lowest BCUT2D eigenvalue weighted by Gasteiger charge is -1.91. The average Bonchev–Trinajstić information content (AvgIpc) is 2.06. The first-order valence-electron chi connectivity index (χ1n) is 4.11. The molecule has 0 spiro atoms. The summed E-state index contributed by atoms with van der Waals surface area (Å²) in [6.07, 6.45) is 0. The Morgan fingerprint density at radius 1 is 1.00 bits per heavy atom. The molecule has 0 saturated carbocycles. The number of halogens is 2. The molecule has 1 rings (SSSR count). The van der Waals surface area contributed by atoms with Gasteiger partial charge in [0, 0.05) is 11.6 Å². The minimum atomic E-state index is -0.595. The Bertz CT molecular complexity index is 298. The van der Waals surface area contributed by atoms with Crippen LogP contribution in [0.2, 0.25) is 0 Å². The monoisotopic (exact) mass is 182 g/mol. The van der Waals surface area contributed by atoms with Gasteiger partial charge in [-0.15, -0.1) is 5.92 Å². The van der Waals surface area contributed by atoms with Crippen molar-refractivity contribution in [3.8, 4) is 11.8 Å². The molecular weight excluding hydrogens is 170 g/mol. The van der Waals surface area contributed by atoms with Gasteiger partial charge in [0.25, 0.3) is 0 Å². The fourth-order valence-corrected chi connectivity index (χ4v) is 0.770. The van der Waals surface area contributed by atoms with E-state index in [0.29, 0.717) is 5.56 Å². The molecule has 0 aromatic heterocycles. The molecule has 70 valence electrons. The molecule has 0 atom stereocenters. The highest BCUT2D eigenvalue weighted by atomic mass is 19.1. The van der Waals surface area contributed by atoms with Gasteiger partial charge >= 0.3 is 0 Å². The molecule has 0 fully saturated rings. The Balaban J connectivity index is 0.000000671. The molecule has 0 unspecified atom stereocenters. The minimum absolute atomic E-state index is 0.366. The normalized spacial score (nSPS) is 7.77. The summed E-state index contributed by atoms with van der Waals surface area (Å²) in [5.41, 5.74) is 0.366. The molecular formula is C11H12F2. The van der Waals surface area contributed by atoms with E-state index in [2.05, 4.69) is 11.8 Å². The topological polar surface area (TPSA) is 0 Å². The Morgan fingerprint density at radius 3 is 1.85 bits per heavy atom. The van der Waals surface area contributed by atoms with Gasteiger partial charge < -0.3 is 0 Å². The quantitative estimate of drug-likeness (QED) is 0.540. The third-order valence-corrected chi connectivity index (χ3v) is 1.13. The first-order chi connectivity index (χ1) is 6.22. The van der Waals surface area contributed by atoms with E-state index in [4.69, 9.17) is 0 Å². The molecule has 1 aromatic carbocycles. The van der Waals surface area contributed by atoms with Gasteiger partial charge in [-0.25, -0.2) is 8.78 Å². The lowest BCUT2D eigenvalue weighted by atomic mass is 10.2. The number of hydrogen-bond acceptors (Lipinski definition) is 0. The van der Waals surface area contributed by atoms with Crippen LogP contribution in [0.25, 0.3) is 0 Å². The summed E-state index contributed by atoms with van der Waals surface area (Å²) >= 11 is 0. The fourth-order valence-electron chi connectivity index (χ4n) is 0.770. The van der Waals surface area contributed by atoms with Crippen molar-refractivity contribution in [3.05, 3.63) is 35.4 Å². The van der Waals surface area contributed by atoms with Crippen molar-refractivity contribution in [2.45, 2.75) is 20.8 Å².